The minimum Gasteiger partial charge on any atom is -0.445 e. The molecule has 0 spiro atoms. The first kappa shape index (κ1) is 11.4. The molecular weight excluding hydrogens is 170 g/mol. The fourth-order valence-electron chi connectivity index (χ4n) is 1.23. The topological polar surface area (TPSA) is 21.3 Å². The Morgan fingerprint density at radius 1 is 1.27 bits per heavy atom. The van der Waals surface area contributed by atoms with Gasteiger partial charge in [-0.15, -0.1) is 0 Å². The zero-order valence-electron chi connectivity index (χ0n) is 8.49. The van der Waals surface area contributed by atoms with Crippen molar-refractivity contribution in [1.29, 1.82) is 0 Å². The Morgan fingerprint density at radius 3 is 2.00 bits per heavy atom. The van der Waals surface area contributed by atoms with Crippen molar-refractivity contribution in [3.8, 4) is 0 Å². The van der Waals surface area contributed by atoms with E-state index in [0.29, 0.717) is 6.04 Å². The predicted octanol–water partition coefficient (Wildman–Crippen LogP) is 1.95. The maximum Gasteiger partial charge on any atom is 0.252 e. The zero-order chi connectivity index (χ0) is 9.07. The lowest BCUT2D eigenvalue weighted by atomic mass is 10.4. The van der Waals surface area contributed by atoms with E-state index in [9.17, 15) is 0 Å². The fraction of sp³-hybridized carbons (Fsp3) is 1.00. The molecule has 0 saturated heterocycles. The van der Waals surface area contributed by atoms with E-state index in [1.807, 2.05) is 0 Å². The minimum absolute atomic E-state index is 0.538. The van der Waals surface area contributed by atoms with Crippen LogP contribution in [0.3, 0.4) is 0 Å². The highest BCUT2D eigenvalue weighted by Crippen LogP contribution is 2.03. The summed E-state index contributed by atoms with van der Waals surface area (Å²) in [4.78, 5) is 3.49. The second kappa shape index (κ2) is 4.40. The lowest BCUT2D eigenvalue weighted by Crippen LogP contribution is -2.53. The molecule has 0 aliphatic heterocycles. The summed E-state index contributed by atoms with van der Waals surface area (Å²) in [5, 5.41) is 0. The van der Waals surface area contributed by atoms with Crippen LogP contribution in [-0.4, -0.2) is 23.6 Å². The van der Waals surface area contributed by atoms with Gasteiger partial charge in [0, 0.05) is 0 Å². The Bertz CT molecular complexity index is 103. The van der Waals surface area contributed by atoms with E-state index in [-0.39, 0.29) is 0 Å². The predicted molar refractivity (Wildman–Crippen MR) is 54.3 cm³/mol. The second-order valence-electron chi connectivity index (χ2n) is 3.82. The van der Waals surface area contributed by atoms with Gasteiger partial charge >= 0.3 is 0 Å². The molecule has 1 radical (unpaired) electrons. The van der Waals surface area contributed by atoms with E-state index in [2.05, 4.69) is 45.0 Å². The Labute approximate surface area is 73.3 Å². The van der Waals surface area contributed by atoms with E-state index in [0.717, 1.165) is 0 Å². The molecule has 0 aromatic carbocycles. The maximum atomic E-state index is 5.88. The van der Waals surface area contributed by atoms with Gasteiger partial charge in [0.15, 0.2) is 9.04 Å². The summed E-state index contributed by atoms with van der Waals surface area (Å²) in [5.74, 6) is 0. The molecule has 11 heavy (non-hydrogen) atoms. The van der Waals surface area contributed by atoms with Gasteiger partial charge < -0.3 is 9.10 Å². The number of nitrogens with one attached hydrogen (secondary N) is 1. The summed E-state index contributed by atoms with van der Waals surface area (Å²) >= 11 is 0. The molecule has 0 heterocycles. The monoisotopic (exact) mass is 190 g/mol. The van der Waals surface area contributed by atoms with Crippen molar-refractivity contribution in [3.05, 3.63) is 0 Å². The second-order valence-corrected chi connectivity index (χ2v) is 9.76. The van der Waals surface area contributed by atoms with Crippen LogP contribution in [-0.2, 0) is 4.12 Å². The average Bonchev–Trinajstić information content (AvgIpc) is 1.53. The first-order chi connectivity index (χ1) is 4.83. The van der Waals surface area contributed by atoms with Crippen LogP contribution in [0.4, 0.5) is 0 Å². The van der Waals surface area contributed by atoms with Gasteiger partial charge in [0.1, 0.15) is 0 Å². The molecule has 1 N–H and O–H groups in total. The van der Waals surface area contributed by atoms with Crippen LogP contribution in [0.1, 0.15) is 13.8 Å². The standard InChI is InChI=1S/C7H20NOSi2/c1-7(2)8-11(5,6)9-10(3)4/h7-8H,1-6H3. The SMILES string of the molecule is CC(C)N[Si](C)(C)O[Si](C)C. The van der Waals surface area contributed by atoms with Gasteiger partial charge in [-0.3, -0.25) is 0 Å². The fourth-order valence-corrected chi connectivity index (χ4v) is 6.94. The summed E-state index contributed by atoms with van der Waals surface area (Å²) in [6.45, 7) is 13.1. The van der Waals surface area contributed by atoms with Gasteiger partial charge in [-0.05, 0) is 32.2 Å². The smallest absolute Gasteiger partial charge is 0.252 e. The average molecular weight is 190 g/mol. The normalized spacial score (nSPS) is 13.1. The van der Waals surface area contributed by atoms with Crippen LogP contribution < -0.4 is 4.98 Å². The van der Waals surface area contributed by atoms with Gasteiger partial charge in [-0.25, -0.2) is 0 Å². The molecule has 0 aromatic heterocycles. The molecular formula is C7H20NOSi2. The summed E-state index contributed by atoms with van der Waals surface area (Å²) in [7, 11) is -2.07. The summed E-state index contributed by atoms with van der Waals surface area (Å²) in [6.07, 6.45) is 0. The van der Waals surface area contributed by atoms with Crippen molar-refractivity contribution in [2.45, 2.75) is 46.1 Å². The van der Waals surface area contributed by atoms with Gasteiger partial charge in [0.25, 0.3) is 8.48 Å². The molecule has 67 valence electrons. The molecule has 0 rings (SSSR count). The van der Waals surface area contributed by atoms with E-state index in [4.69, 9.17) is 4.12 Å². The molecule has 0 atom stereocenters. The van der Waals surface area contributed by atoms with Gasteiger partial charge in [-0.1, -0.05) is 13.8 Å². The first-order valence-corrected chi connectivity index (χ1v) is 9.42. The molecule has 0 saturated carbocycles. The molecule has 0 aliphatic carbocycles. The van der Waals surface area contributed by atoms with E-state index in [1.54, 1.807) is 0 Å². The Balaban J connectivity index is 3.79. The molecule has 2 nitrogen and oxygen atoms in total. The van der Waals surface area contributed by atoms with E-state index in [1.165, 1.54) is 0 Å². The Morgan fingerprint density at radius 2 is 1.73 bits per heavy atom. The highest BCUT2D eigenvalue weighted by atomic mass is 28.4. The van der Waals surface area contributed by atoms with Crippen molar-refractivity contribution < 1.29 is 4.12 Å². The number of hydrogen-bond donors (Lipinski definition) is 1. The summed E-state index contributed by atoms with van der Waals surface area (Å²) < 4.78 is 5.88. The molecule has 0 amide bonds. The maximum absolute atomic E-state index is 5.88. The number of hydrogen-bond acceptors (Lipinski definition) is 2. The third-order valence-corrected chi connectivity index (χ3v) is 6.04. The van der Waals surface area contributed by atoms with Gasteiger partial charge in [-0.2, -0.15) is 0 Å². The highest BCUT2D eigenvalue weighted by Gasteiger charge is 2.24. The van der Waals surface area contributed by atoms with Crippen molar-refractivity contribution in [2.75, 3.05) is 0 Å². The quantitative estimate of drug-likeness (QED) is 0.684. The zero-order valence-corrected chi connectivity index (χ0v) is 10.5. The molecule has 0 aliphatic rings. The Hall–Kier alpha value is 0.354. The lowest BCUT2D eigenvalue weighted by Gasteiger charge is -2.28. The van der Waals surface area contributed by atoms with Crippen molar-refractivity contribution in [1.82, 2.24) is 4.98 Å². The molecule has 0 bridgehead atoms. The molecule has 0 aromatic rings. The van der Waals surface area contributed by atoms with Crippen LogP contribution in [0, 0.1) is 0 Å². The molecule has 0 unspecified atom stereocenters. The van der Waals surface area contributed by atoms with Crippen LogP contribution in [0.5, 0.6) is 0 Å². The van der Waals surface area contributed by atoms with Gasteiger partial charge in [0.2, 0.25) is 0 Å². The largest absolute Gasteiger partial charge is 0.445 e. The summed E-state index contributed by atoms with van der Waals surface area (Å²) in [5.41, 5.74) is 0. The molecule has 4 heteroatoms. The Kier molecular flexibility index (Phi) is 4.54. The first-order valence-electron chi connectivity index (χ1n) is 4.10. The van der Waals surface area contributed by atoms with E-state index < -0.39 is 17.5 Å². The molecule has 0 fully saturated rings. The van der Waals surface area contributed by atoms with Crippen molar-refractivity contribution in [2.24, 2.45) is 0 Å². The number of rotatable bonds is 4. The third kappa shape index (κ3) is 6.74. The van der Waals surface area contributed by atoms with Crippen LogP contribution in [0.2, 0.25) is 26.2 Å². The lowest BCUT2D eigenvalue weighted by molar-refractivity contribution is 0.528. The van der Waals surface area contributed by atoms with Crippen molar-refractivity contribution >= 4 is 17.5 Å². The van der Waals surface area contributed by atoms with Crippen LogP contribution in [0.25, 0.3) is 0 Å². The van der Waals surface area contributed by atoms with E-state index >= 15 is 0 Å². The van der Waals surface area contributed by atoms with Crippen LogP contribution >= 0.6 is 0 Å². The highest BCUT2D eigenvalue weighted by molar-refractivity contribution is 6.75. The third-order valence-electron chi connectivity index (χ3n) is 1.10. The van der Waals surface area contributed by atoms with Crippen molar-refractivity contribution in [3.63, 3.8) is 0 Å². The van der Waals surface area contributed by atoms with Crippen LogP contribution in [0.15, 0.2) is 0 Å². The van der Waals surface area contributed by atoms with Gasteiger partial charge in [0.05, 0.1) is 0 Å². The minimum atomic E-state index is -1.53. The summed E-state index contributed by atoms with van der Waals surface area (Å²) in [6, 6.07) is 0.540.